The molecule has 0 saturated heterocycles. The predicted octanol–water partition coefficient (Wildman–Crippen LogP) is 1.94. The number of nitrogens with zero attached hydrogens (tertiary/aromatic N) is 2. The van der Waals surface area contributed by atoms with Gasteiger partial charge in [0.2, 0.25) is 0 Å². The maximum atomic E-state index is 13.6. The minimum Gasteiger partial charge on any atom is -0.385 e. The van der Waals surface area contributed by atoms with E-state index in [-0.39, 0.29) is 5.82 Å². The van der Waals surface area contributed by atoms with E-state index < -0.39 is 5.60 Å². The Balaban J connectivity index is 1.96. The molecule has 0 spiro atoms. The molecule has 18 heavy (non-hydrogen) atoms. The maximum absolute atomic E-state index is 13.6. The molecule has 94 valence electrons. The van der Waals surface area contributed by atoms with Gasteiger partial charge >= 0.3 is 0 Å². The van der Waals surface area contributed by atoms with Crippen molar-refractivity contribution in [3.05, 3.63) is 53.1 Å². The lowest BCUT2D eigenvalue weighted by atomic mass is 9.90. The molecule has 1 aromatic carbocycles. The molecule has 1 unspecified atom stereocenters. The van der Waals surface area contributed by atoms with Gasteiger partial charge in [0.15, 0.2) is 0 Å². The lowest BCUT2D eigenvalue weighted by Crippen LogP contribution is -2.25. The van der Waals surface area contributed by atoms with Crippen molar-refractivity contribution in [2.75, 3.05) is 0 Å². The summed E-state index contributed by atoms with van der Waals surface area (Å²) in [7, 11) is 1.84. The van der Waals surface area contributed by atoms with Crippen LogP contribution in [0.2, 0.25) is 0 Å². The van der Waals surface area contributed by atoms with E-state index >= 15 is 0 Å². The standard InChI is InChI=1S/C14H15FN2O/c1-17-9-10(8-16-17)7-14(18)6-5-11-12(14)3-2-4-13(11)15/h2-4,8-9,18H,5-7H2,1H3. The van der Waals surface area contributed by atoms with Crippen molar-refractivity contribution in [3.63, 3.8) is 0 Å². The van der Waals surface area contributed by atoms with Gasteiger partial charge in [0.05, 0.1) is 11.8 Å². The molecular weight excluding hydrogens is 231 g/mol. The van der Waals surface area contributed by atoms with Gasteiger partial charge in [-0.05, 0) is 35.6 Å². The van der Waals surface area contributed by atoms with Crippen LogP contribution in [0.3, 0.4) is 0 Å². The molecule has 0 fully saturated rings. The fourth-order valence-corrected chi connectivity index (χ4v) is 2.80. The van der Waals surface area contributed by atoms with Crippen molar-refractivity contribution in [2.45, 2.75) is 24.9 Å². The molecule has 1 heterocycles. The molecule has 1 aromatic heterocycles. The number of aliphatic hydroxyl groups is 1. The summed E-state index contributed by atoms with van der Waals surface area (Å²) in [6.07, 6.45) is 5.28. The predicted molar refractivity (Wildman–Crippen MR) is 65.5 cm³/mol. The Morgan fingerprint density at radius 2 is 2.33 bits per heavy atom. The first kappa shape index (κ1) is 11.4. The van der Waals surface area contributed by atoms with E-state index in [4.69, 9.17) is 0 Å². The van der Waals surface area contributed by atoms with Crippen LogP contribution < -0.4 is 0 Å². The van der Waals surface area contributed by atoms with Gasteiger partial charge in [0, 0.05) is 19.7 Å². The highest BCUT2D eigenvalue weighted by Gasteiger charge is 2.38. The van der Waals surface area contributed by atoms with Gasteiger partial charge in [0.25, 0.3) is 0 Å². The van der Waals surface area contributed by atoms with Gasteiger partial charge in [-0.15, -0.1) is 0 Å². The van der Waals surface area contributed by atoms with Gasteiger partial charge in [-0.1, -0.05) is 12.1 Å². The van der Waals surface area contributed by atoms with Crippen LogP contribution in [0.4, 0.5) is 4.39 Å². The number of fused-ring (bicyclic) bond motifs is 1. The molecule has 1 aliphatic carbocycles. The third-order valence-electron chi connectivity index (χ3n) is 3.66. The van der Waals surface area contributed by atoms with E-state index in [0.717, 1.165) is 11.1 Å². The van der Waals surface area contributed by atoms with Crippen molar-refractivity contribution < 1.29 is 9.50 Å². The summed E-state index contributed by atoms with van der Waals surface area (Å²) in [5.41, 5.74) is 1.40. The third-order valence-corrected chi connectivity index (χ3v) is 3.66. The van der Waals surface area contributed by atoms with Crippen LogP contribution >= 0.6 is 0 Å². The van der Waals surface area contributed by atoms with Crippen LogP contribution in [0.25, 0.3) is 0 Å². The zero-order valence-corrected chi connectivity index (χ0v) is 10.2. The van der Waals surface area contributed by atoms with E-state index in [1.165, 1.54) is 6.07 Å². The van der Waals surface area contributed by atoms with Crippen molar-refractivity contribution in [1.82, 2.24) is 9.78 Å². The second-order valence-corrected chi connectivity index (χ2v) is 5.00. The summed E-state index contributed by atoms with van der Waals surface area (Å²) in [4.78, 5) is 0. The highest BCUT2D eigenvalue weighted by atomic mass is 19.1. The summed E-state index contributed by atoms with van der Waals surface area (Å²) in [5.74, 6) is -0.213. The Bertz CT molecular complexity index is 593. The van der Waals surface area contributed by atoms with Gasteiger partial charge in [-0.3, -0.25) is 4.68 Å². The smallest absolute Gasteiger partial charge is 0.126 e. The van der Waals surface area contributed by atoms with Crippen LogP contribution in [0.5, 0.6) is 0 Å². The molecule has 0 aliphatic heterocycles. The monoisotopic (exact) mass is 246 g/mol. The van der Waals surface area contributed by atoms with Crippen molar-refractivity contribution in [1.29, 1.82) is 0 Å². The summed E-state index contributed by atoms with van der Waals surface area (Å²) in [6.45, 7) is 0. The number of halogens is 1. The Labute approximate surface area is 105 Å². The third kappa shape index (κ3) is 1.73. The SMILES string of the molecule is Cn1cc(CC2(O)CCc3c(F)cccc32)cn1. The minimum atomic E-state index is -0.958. The lowest BCUT2D eigenvalue weighted by Gasteiger charge is -2.23. The highest BCUT2D eigenvalue weighted by molar-refractivity contribution is 5.39. The van der Waals surface area contributed by atoms with Gasteiger partial charge in [-0.2, -0.15) is 5.10 Å². The molecule has 0 radical (unpaired) electrons. The molecule has 0 bridgehead atoms. The van der Waals surface area contributed by atoms with E-state index in [0.29, 0.717) is 24.8 Å². The van der Waals surface area contributed by atoms with E-state index in [1.807, 2.05) is 19.3 Å². The normalized spacial score (nSPS) is 22.2. The average molecular weight is 246 g/mol. The fraction of sp³-hybridized carbons (Fsp3) is 0.357. The lowest BCUT2D eigenvalue weighted by molar-refractivity contribution is 0.0389. The molecule has 1 N–H and O–H groups in total. The van der Waals surface area contributed by atoms with Crippen LogP contribution in [-0.2, 0) is 25.5 Å². The molecule has 4 heteroatoms. The quantitative estimate of drug-likeness (QED) is 0.879. The van der Waals surface area contributed by atoms with Gasteiger partial charge in [0.1, 0.15) is 5.82 Å². The van der Waals surface area contributed by atoms with Crippen LogP contribution in [-0.4, -0.2) is 14.9 Å². The van der Waals surface area contributed by atoms with E-state index in [1.54, 1.807) is 16.9 Å². The zero-order valence-electron chi connectivity index (χ0n) is 10.2. The van der Waals surface area contributed by atoms with Gasteiger partial charge < -0.3 is 5.11 Å². The van der Waals surface area contributed by atoms with Crippen LogP contribution in [0.1, 0.15) is 23.1 Å². The van der Waals surface area contributed by atoms with E-state index in [9.17, 15) is 9.50 Å². The molecule has 1 atom stereocenters. The maximum Gasteiger partial charge on any atom is 0.126 e. The fourth-order valence-electron chi connectivity index (χ4n) is 2.80. The Morgan fingerprint density at radius 1 is 1.50 bits per heavy atom. The number of hydrogen-bond acceptors (Lipinski definition) is 2. The zero-order chi connectivity index (χ0) is 12.8. The highest BCUT2D eigenvalue weighted by Crippen LogP contribution is 2.40. The first-order valence-electron chi connectivity index (χ1n) is 6.06. The van der Waals surface area contributed by atoms with E-state index in [2.05, 4.69) is 5.10 Å². The van der Waals surface area contributed by atoms with Crippen molar-refractivity contribution in [3.8, 4) is 0 Å². The Hall–Kier alpha value is -1.68. The molecule has 0 saturated carbocycles. The minimum absolute atomic E-state index is 0.213. The Kier molecular flexibility index (Phi) is 2.48. The molecule has 1 aliphatic rings. The van der Waals surface area contributed by atoms with Crippen molar-refractivity contribution >= 4 is 0 Å². The molecule has 3 nitrogen and oxygen atoms in total. The summed E-state index contributed by atoms with van der Waals surface area (Å²) in [6, 6.07) is 4.93. The Morgan fingerprint density at radius 3 is 3.06 bits per heavy atom. The first-order chi connectivity index (χ1) is 8.58. The van der Waals surface area contributed by atoms with Gasteiger partial charge in [-0.25, -0.2) is 4.39 Å². The second-order valence-electron chi connectivity index (χ2n) is 5.00. The number of aryl methyl sites for hydroxylation is 1. The largest absolute Gasteiger partial charge is 0.385 e. The number of benzene rings is 1. The number of rotatable bonds is 2. The first-order valence-corrected chi connectivity index (χ1v) is 6.06. The van der Waals surface area contributed by atoms with Crippen molar-refractivity contribution in [2.24, 2.45) is 7.05 Å². The second kappa shape index (κ2) is 3.92. The molecule has 2 aromatic rings. The summed E-state index contributed by atoms with van der Waals surface area (Å²) in [5, 5.41) is 14.8. The summed E-state index contributed by atoms with van der Waals surface area (Å²) < 4.78 is 15.4. The van der Waals surface area contributed by atoms with Crippen LogP contribution in [0.15, 0.2) is 30.6 Å². The number of hydrogen-bond donors (Lipinski definition) is 1. The average Bonchev–Trinajstić information content (AvgIpc) is 2.86. The summed E-state index contributed by atoms with van der Waals surface area (Å²) >= 11 is 0. The molecular formula is C14H15FN2O. The topological polar surface area (TPSA) is 38.0 Å². The molecule has 0 amide bonds. The van der Waals surface area contributed by atoms with Crippen LogP contribution in [0, 0.1) is 5.82 Å². The number of aromatic nitrogens is 2. The molecule has 3 rings (SSSR count).